The summed E-state index contributed by atoms with van der Waals surface area (Å²) in [6, 6.07) is 10.3. The Morgan fingerprint density at radius 1 is 1.17 bits per heavy atom. The highest BCUT2D eigenvalue weighted by molar-refractivity contribution is 6.30. The number of anilines is 1. The topological polar surface area (TPSA) is 29.0 Å². The molecule has 0 aliphatic heterocycles. The van der Waals surface area contributed by atoms with E-state index in [0.717, 1.165) is 24.5 Å². The van der Waals surface area contributed by atoms with Gasteiger partial charge in [0.15, 0.2) is 0 Å². The van der Waals surface area contributed by atoms with Crippen LogP contribution in [0.1, 0.15) is 18.1 Å². The van der Waals surface area contributed by atoms with Gasteiger partial charge in [0.25, 0.3) is 0 Å². The fraction of sp³-hybridized carbons (Fsp3) is 0.286. The summed E-state index contributed by atoms with van der Waals surface area (Å²) in [4.78, 5) is 10.5. The molecule has 1 aromatic heterocycles. The molecule has 0 atom stereocenters. The summed E-state index contributed by atoms with van der Waals surface area (Å²) in [7, 11) is 0. The normalized spacial score (nSPS) is 10.4. The lowest BCUT2D eigenvalue weighted by Crippen LogP contribution is -2.24. The molecule has 0 N–H and O–H groups in total. The molecule has 1 heterocycles. The lowest BCUT2D eigenvalue weighted by atomic mass is 10.2. The molecule has 18 heavy (non-hydrogen) atoms. The molecule has 94 valence electrons. The van der Waals surface area contributed by atoms with E-state index < -0.39 is 0 Å². The molecule has 2 rings (SSSR count). The van der Waals surface area contributed by atoms with Crippen LogP contribution in [-0.4, -0.2) is 16.5 Å². The smallest absolute Gasteiger partial charge is 0.137 e. The van der Waals surface area contributed by atoms with Gasteiger partial charge in [-0.25, -0.2) is 9.97 Å². The first kappa shape index (κ1) is 12.8. The molecule has 0 aliphatic carbocycles. The largest absolute Gasteiger partial charge is 0.352 e. The Bertz CT molecular complexity index is 514. The first-order chi connectivity index (χ1) is 8.72. The van der Waals surface area contributed by atoms with Gasteiger partial charge >= 0.3 is 0 Å². The summed E-state index contributed by atoms with van der Waals surface area (Å²) < 4.78 is 0. The summed E-state index contributed by atoms with van der Waals surface area (Å²) in [5.74, 6) is 0.904. The monoisotopic (exact) mass is 261 g/mol. The minimum Gasteiger partial charge on any atom is -0.352 e. The molecular formula is C14H16ClN3. The second-order valence-electron chi connectivity index (χ2n) is 4.11. The molecule has 0 saturated carbocycles. The van der Waals surface area contributed by atoms with Crippen LogP contribution in [0.2, 0.25) is 5.15 Å². The van der Waals surface area contributed by atoms with Gasteiger partial charge in [0.05, 0.1) is 0 Å². The number of benzene rings is 1. The second kappa shape index (κ2) is 5.83. The molecule has 0 bridgehead atoms. The molecule has 2 aromatic rings. The number of hydrogen-bond donors (Lipinski definition) is 0. The number of nitrogens with zero attached hydrogens (tertiary/aromatic N) is 3. The Morgan fingerprint density at radius 2 is 1.89 bits per heavy atom. The van der Waals surface area contributed by atoms with Gasteiger partial charge in [-0.15, -0.1) is 0 Å². The van der Waals surface area contributed by atoms with Gasteiger partial charge in [-0.05, 0) is 19.4 Å². The molecule has 0 fully saturated rings. The number of rotatable bonds is 4. The molecule has 0 amide bonds. The molecule has 1 aromatic carbocycles. The Labute approximate surface area is 112 Å². The van der Waals surface area contributed by atoms with Crippen LogP contribution in [0, 0.1) is 6.92 Å². The van der Waals surface area contributed by atoms with E-state index in [1.54, 1.807) is 0 Å². The maximum absolute atomic E-state index is 6.04. The third-order valence-electron chi connectivity index (χ3n) is 2.89. The SMILES string of the molecule is CCN(Cc1ccccc1)c1ncnc(Cl)c1C. The van der Waals surface area contributed by atoms with E-state index in [9.17, 15) is 0 Å². The molecule has 0 aliphatic rings. The maximum atomic E-state index is 6.04. The Balaban J connectivity index is 2.26. The lowest BCUT2D eigenvalue weighted by Gasteiger charge is -2.23. The summed E-state index contributed by atoms with van der Waals surface area (Å²) in [6.45, 7) is 5.76. The van der Waals surface area contributed by atoms with Crippen molar-refractivity contribution in [1.29, 1.82) is 0 Å². The highest BCUT2D eigenvalue weighted by Crippen LogP contribution is 2.23. The zero-order valence-electron chi connectivity index (χ0n) is 10.6. The van der Waals surface area contributed by atoms with Crippen molar-refractivity contribution in [3.8, 4) is 0 Å². The third-order valence-corrected chi connectivity index (χ3v) is 3.27. The van der Waals surface area contributed by atoms with Crippen LogP contribution >= 0.6 is 11.6 Å². The maximum Gasteiger partial charge on any atom is 0.137 e. The van der Waals surface area contributed by atoms with E-state index in [0.29, 0.717) is 5.15 Å². The predicted molar refractivity (Wildman–Crippen MR) is 74.9 cm³/mol. The van der Waals surface area contributed by atoms with E-state index in [2.05, 4.69) is 33.9 Å². The van der Waals surface area contributed by atoms with Gasteiger partial charge in [-0.3, -0.25) is 0 Å². The standard InChI is InChI=1S/C14H16ClN3/c1-3-18(9-12-7-5-4-6-8-12)14-11(2)13(15)16-10-17-14/h4-8,10H,3,9H2,1-2H3. The molecule has 0 spiro atoms. The van der Waals surface area contributed by atoms with Crippen molar-refractivity contribution in [1.82, 2.24) is 9.97 Å². The van der Waals surface area contributed by atoms with Crippen LogP contribution < -0.4 is 4.90 Å². The molecule has 0 unspecified atom stereocenters. The molecule has 0 saturated heterocycles. The quantitative estimate of drug-likeness (QED) is 0.790. The summed E-state index contributed by atoms with van der Waals surface area (Å²) in [5.41, 5.74) is 2.19. The van der Waals surface area contributed by atoms with Crippen molar-refractivity contribution < 1.29 is 0 Å². The minimum absolute atomic E-state index is 0.520. The van der Waals surface area contributed by atoms with Crippen molar-refractivity contribution in [2.24, 2.45) is 0 Å². The second-order valence-corrected chi connectivity index (χ2v) is 4.47. The van der Waals surface area contributed by atoms with Gasteiger partial charge in [-0.1, -0.05) is 41.9 Å². The zero-order chi connectivity index (χ0) is 13.0. The number of aromatic nitrogens is 2. The molecular weight excluding hydrogens is 246 g/mol. The Kier molecular flexibility index (Phi) is 4.15. The molecule has 0 radical (unpaired) electrons. The van der Waals surface area contributed by atoms with Gasteiger partial charge < -0.3 is 4.90 Å². The van der Waals surface area contributed by atoms with Crippen molar-refractivity contribution in [3.63, 3.8) is 0 Å². The minimum atomic E-state index is 0.520. The fourth-order valence-corrected chi connectivity index (χ4v) is 2.01. The van der Waals surface area contributed by atoms with Gasteiger partial charge in [0.1, 0.15) is 17.3 Å². The Morgan fingerprint density at radius 3 is 2.56 bits per heavy atom. The van der Waals surface area contributed by atoms with Crippen LogP contribution in [0.3, 0.4) is 0 Å². The first-order valence-electron chi connectivity index (χ1n) is 5.98. The van der Waals surface area contributed by atoms with Crippen molar-refractivity contribution in [3.05, 3.63) is 52.9 Å². The van der Waals surface area contributed by atoms with Crippen molar-refractivity contribution in [2.45, 2.75) is 20.4 Å². The van der Waals surface area contributed by atoms with Crippen LogP contribution in [0.5, 0.6) is 0 Å². The van der Waals surface area contributed by atoms with Crippen LogP contribution in [0.25, 0.3) is 0 Å². The fourth-order valence-electron chi connectivity index (χ4n) is 1.88. The van der Waals surface area contributed by atoms with E-state index in [1.807, 2.05) is 25.1 Å². The number of halogens is 1. The highest BCUT2D eigenvalue weighted by Gasteiger charge is 2.12. The average molecular weight is 262 g/mol. The highest BCUT2D eigenvalue weighted by atomic mass is 35.5. The summed E-state index contributed by atoms with van der Waals surface area (Å²) in [5, 5.41) is 0.520. The summed E-state index contributed by atoms with van der Waals surface area (Å²) >= 11 is 6.04. The van der Waals surface area contributed by atoms with E-state index in [-0.39, 0.29) is 0 Å². The zero-order valence-corrected chi connectivity index (χ0v) is 11.4. The van der Waals surface area contributed by atoms with Crippen LogP contribution in [0.4, 0.5) is 5.82 Å². The van der Waals surface area contributed by atoms with E-state index in [4.69, 9.17) is 11.6 Å². The van der Waals surface area contributed by atoms with Crippen molar-refractivity contribution in [2.75, 3.05) is 11.4 Å². The summed E-state index contributed by atoms with van der Waals surface area (Å²) in [6.07, 6.45) is 1.51. The predicted octanol–water partition coefficient (Wildman–Crippen LogP) is 3.46. The Hall–Kier alpha value is -1.61. The number of hydrogen-bond acceptors (Lipinski definition) is 3. The van der Waals surface area contributed by atoms with Gasteiger partial charge in [0, 0.05) is 18.7 Å². The molecule has 3 nitrogen and oxygen atoms in total. The van der Waals surface area contributed by atoms with E-state index in [1.165, 1.54) is 11.9 Å². The molecule has 4 heteroatoms. The van der Waals surface area contributed by atoms with Crippen LogP contribution in [-0.2, 0) is 6.54 Å². The third kappa shape index (κ3) is 2.79. The average Bonchev–Trinajstić information content (AvgIpc) is 2.41. The lowest BCUT2D eigenvalue weighted by molar-refractivity contribution is 0.804. The van der Waals surface area contributed by atoms with Crippen LogP contribution in [0.15, 0.2) is 36.7 Å². The van der Waals surface area contributed by atoms with Gasteiger partial charge in [0.2, 0.25) is 0 Å². The van der Waals surface area contributed by atoms with E-state index >= 15 is 0 Å². The first-order valence-corrected chi connectivity index (χ1v) is 6.36. The van der Waals surface area contributed by atoms with Gasteiger partial charge in [-0.2, -0.15) is 0 Å². The van der Waals surface area contributed by atoms with Crippen molar-refractivity contribution >= 4 is 17.4 Å².